The molecule has 34 heavy (non-hydrogen) atoms. The number of alkyl halides is 3. The van der Waals surface area contributed by atoms with E-state index in [0.717, 1.165) is 22.4 Å². The number of ether oxygens (including phenoxy) is 2. The number of nitrogens with zero attached hydrogens (tertiary/aromatic N) is 1. The molecule has 1 aliphatic rings. The summed E-state index contributed by atoms with van der Waals surface area (Å²) >= 11 is 0. The third-order valence-electron chi connectivity index (χ3n) is 6.04. The lowest BCUT2D eigenvalue weighted by molar-refractivity contribution is -0.137. The second kappa shape index (κ2) is 10.7. The van der Waals surface area contributed by atoms with E-state index >= 15 is 0 Å². The first kappa shape index (κ1) is 25.9. The van der Waals surface area contributed by atoms with Crippen LogP contribution >= 0.6 is 12.4 Å². The van der Waals surface area contributed by atoms with Crippen LogP contribution in [0, 0.1) is 0 Å². The molecule has 0 aliphatic carbocycles. The van der Waals surface area contributed by atoms with Crippen molar-refractivity contribution >= 4 is 28.8 Å². The molecule has 3 aromatic rings. The fourth-order valence-corrected chi connectivity index (χ4v) is 4.38. The van der Waals surface area contributed by atoms with E-state index < -0.39 is 17.8 Å². The standard InChI is InChI=1S/C26H26F3NO3.ClH/c1-32-23-15-19-6-3-4-9-21(19)25(33-2)24(23)22(31)16-30-12-10-17(11-13-30)18-7-5-8-20(14-18)26(27,28)29;/h3-10,14-15,22,31H,11-13,16H2,1-2H3;1H. The predicted octanol–water partition coefficient (Wildman–Crippen LogP) is 6.12. The Morgan fingerprint density at radius 2 is 1.79 bits per heavy atom. The summed E-state index contributed by atoms with van der Waals surface area (Å²) < 4.78 is 50.4. The molecule has 0 radical (unpaired) electrons. The van der Waals surface area contributed by atoms with Crippen molar-refractivity contribution in [2.45, 2.75) is 18.7 Å². The van der Waals surface area contributed by atoms with Gasteiger partial charge in [0.05, 0.1) is 31.5 Å². The van der Waals surface area contributed by atoms with Crippen molar-refractivity contribution in [3.05, 3.63) is 77.4 Å². The normalized spacial score (nSPS) is 15.4. The number of rotatable bonds is 6. The van der Waals surface area contributed by atoms with Gasteiger partial charge in [-0.05, 0) is 41.1 Å². The Morgan fingerprint density at radius 3 is 2.44 bits per heavy atom. The molecule has 1 N–H and O–H groups in total. The zero-order valence-electron chi connectivity index (χ0n) is 18.9. The van der Waals surface area contributed by atoms with Crippen LogP contribution in [0.4, 0.5) is 13.2 Å². The van der Waals surface area contributed by atoms with Gasteiger partial charge in [0.25, 0.3) is 0 Å². The van der Waals surface area contributed by atoms with Crippen LogP contribution in [0.25, 0.3) is 16.3 Å². The highest BCUT2D eigenvalue weighted by atomic mass is 35.5. The molecule has 0 spiro atoms. The minimum atomic E-state index is -4.36. The van der Waals surface area contributed by atoms with Gasteiger partial charge in [-0.1, -0.05) is 42.5 Å². The fourth-order valence-electron chi connectivity index (χ4n) is 4.38. The maximum absolute atomic E-state index is 13.0. The number of aliphatic hydroxyl groups is 1. The molecule has 1 aliphatic heterocycles. The Balaban J connectivity index is 0.00000324. The van der Waals surface area contributed by atoms with Crippen LogP contribution in [-0.2, 0) is 6.18 Å². The minimum Gasteiger partial charge on any atom is -0.496 e. The molecular formula is C26H27ClF3NO3. The second-order valence-corrected chi connectivity index (χ2v) is 8.08. The molecule has 0 amide bonds. The average Bonchev–Trinajstić information content (AvgIpc) is 2.82. The number of aliphatic hydroxyl groups excluding tert-OH is 1. The number of halogens is 4. The van der Waals surface area contributed by atoms with Crippen LogP contribution < -0.4 is 9.47 Å². The molecule has 0 bridgehead atoms. The van der Waals surface area contributed by atoms with Crippen molar-refractivity contribution in [2.75, 3.05) is 33.9 Å². The number of fused-ring (bicyclic) bond motifs is 1. The molecule has 1 atom stereocenters. The first-order valence-corrected chi connectivity index (χ1v) is 10.7. The van der Waals surface area contributed by atoms with Gasteiger partial charge in [0, 0.05) is 25.0 Å². The predicted molar refractivity (Wildman–Crippen MR) is 130 cm³/mol. The van der Waals surface area contributed by atoms with E-state index in [2.05, 4.69) is 4.90 Å². The number of β-amino-alcohol motifs (C(OH)–C–C–N with tert-alkyl or cyclic N) is 1. The number of hydrogen-bond donors (Lipinski definition) is 1. The third kappa shape index (κ3) is 5.32. The zero-order chi connectivity index (χ0) is 23.6. The van der Waals surface area contributed by atoms with Crippen LogP contribution in [0.1, 0.15) is 29.2 Å². The molecule has 0 aromatic heterocycles. The van der Waals surface area contributed by atoms with Crippen LogP contribution in [0.15, 0.2) is 60.7 Å². The van der Waals surface area contributed by atoms with Gasteiger partial charge in [-0.3, -0.25) is 4.90 Å². The van der Waals surface area contributed by atoms with E-state index in [1.807, 2.05) is 36.4 Å². The van der Waals surface area contributed by atoms with Crippen molar-refractivity contribution in [1.82, 2.24) is 4.90 Å². The highest BCUT2D eigenvalue weighted by Gasteiger charge is 2.31. The second-order valence-electron chi connectivity index (χ2n) is 8.08. The molecule has 182 valence electrons. The molecule has 0 saturated carbocycles. The highest BCUT2D eigenvalue weighted by Crippen LogP contribution is 2.41. The Kier molecular flexibility index (Phi) is 8.13. The van der Waals surface area contributed by atoms with E-state index in [1.54, 1.807) is 20.3 Å². The van der Waals surface area contributed by atoms with Gasteiger partial charge in [-0.2, -0.15) is 13.2 Å². The summed E-state index contributed by atoms with van der Waals surface area (Å²) in [7, 11) is 3.13. The SMILES string of the molecule is COc1cc2ccccc2c(OC)c1C(O)CN1CC=C(c2cccc(C(F)(F)F)c2)CC1.Cl. The molecule has 0 fully saturated rings. The third-order valence-corrected chi connectivity index (χ3v) is 6.04. The molecule has 0 saturated heterocycles. The fraction of sp³-hybridized carbons (Fsp3) is 0.308. The topological polar surface area (TPSA) is 41.9 Å². The molecular weight excluding hydrogens is 467 g/mol. The molecule has 1 heterocycles. The van der Waals surface area contributed by atoms with Gasteiger partial charge >= 0.3 is 6.18 Å². The summed E-state index contributed by atoms with van der Waals surface area (Å²) in [6.45, 7) is 1.50. The van der Waals surface area contributed by atoms with Gasteiger partial charge in [0.2, 0.25) is 0 Å². The maximum atomic E-state index is 13.0. The number of benzene rings is 3. The van der Waals surface area contributed by atoms with Crippen molar-refractivity contribution < 1.29 is 27.8 Å². The van der Waals surface area contributed by atoms with Crippen LogP contribution in [0.3, 0.4) is 0 Å². The van der Waals surface area contributed by atoms with E-state index in [1.165, 1.54) is 12.1 Å². The highest BCUT2D eigenvalue weighted by molar-refractivity contribution is 5.91. The average molecular weight is 494 g/mol. The maximum Gasteiger partial charge on any atom is 0.416 e. The van der Waals surface area contributed by atoms with Gasteiger partial charge in [0.15, 0.2) is 0 Å². The quantitative estimate of drug-likeness (QED) is 0.449. The summed E-state index contributed by atoms with van der Waals surface area (Å²) in [5, 5.41) is 13.0. The Bertz CT molecular complexity index is 1180. The Morgan fingerprint density at radius 1 is 1.03 bits per heavy atom. The molecule has 4 nitrogen and oxygen atoms in total. The first-order valence-electron chi connectivity index (χ1n) is 10.7. The molecule has 3 aromatic carbocycles. The molecule has 4 rings (SSSR count). The van der Waals surface area contributed by atoms with Gasteiger partial charge in [-0.15, -0.1) is 12.4 Å². The summed E-state index contributed by atoms with van der Waals surface area (Å²) in [6, 6.07) is 15.1. The lowest BCUT2D eigenvalue weighted by Gasteiger charge is -2.29. The molecule has 1 unspecified atom stereocenters. The Hall–Kier alpha value is -2.74. The lowest BCUT2D eigenvalue weighted by Crippen LogP contribution is -2.32. The van der Waals surface area contributed by atoms with E-state index in [4.69, 9.17) is 9.47 Å². The largest absolute Gasteiger partial charge is 0.496 e. The summed E-state index contributed by atoms with van der Waals surface area (Å²) in [5.41, 5.74) is 1.41. The number of hydrogen-bond acceptors (Lipinski definition) is 4. The van der Waals surface area contributed by atoms with Crippen molar-refractivity contribution in [3.8, 4) is 11.5 Å². The van der Waals surface area contributed by atoms with Crippen molar-refractivity contribution in [3.63, 3.8) is 0 Å². The van der Waals surface area contributed by atoms with Gasteiger partial charge in [0.1, 0.15) is 11.5 Å². The van der Waals surface area contributed by atoms with E-state index in [9.17, 15) is 18.3 Å². The lowest BCUT2D eigenvalue weighted by atomic mass is 9.96. The van der Waals surface area contributed by atoms with E-state index in [-0.39, 0.29) is 12.4 Å². The van der Waals surface area contributed by atoms with Crippen molar-refractivity contribution in [1.29, 1.82) is 0 Å². The van der Waals surface area contributed by atoms with Gasteiger partial charge in [-0.25, -0.2) is 0 Å². The summed E-state index contributed by atoms with van der Waals surface area (Å²) in [6.07, 6.45) is -2.69. The van der Waals surface area contributed by atoms with E-state index in [0.29, 0.717) is 48.7 Å². The molecule has 8 heteroatoms. The van der Waals surface area contributed by atoms with Crippen LogP contribution in [-0.4, -0.2) is 43.9 Å². The first-order chi connectivity index (χ1) is 15.8. The smallest absolute Gasteiger partial charge is 0.416 e. The summed E-state index contributed by atoms with van der Waals surface area (Å²) in [5.74, 6) is 1.13. The zero-order valence-corrected chi connectivity index (χ0v) is 19.7. The van der Waals surface area contributed by atoms with Crippen molar-refractivity contribution in [2.24, 2.45) is 0 Å². The minimum absolute atomic E-state index is 0. The monoisotopic (exact) mass is 493 g/mol. The van der Waals surface area contributed by atoms with Crippen LogP contribution in [0.2, 0.25) is 0 Å². The van der Waals surface area contributed by atoms with Crippen LogP contribution in [0.5, 0.6) is 11.5 Å². The Labute approximate surface area is 203 Å². The summed E-state index contributed by atoms with van der Waals surface area (Å²) in [4.78, 5) is 2.07. The number of methoxy groups -OCH3 is 2. The van der Waals surface area contributed by atoms with Gasteiger partial charge < -0.3 is 14.6 Å².